The smallest absolute Gasteiger partial charge is 0.0601 e. The van der Waals surface area contributed by atoms with Crippen molar-refractivity contribution in [3.8, 4) is 11.1 Å². The third-order valence-electron chi connectivity index (χ3n) is 15.3. The summed E-state index contributed by atoms with van der Waals surface area (Å²) in [6.07, 6.45) is 2.10. The molecule has 2 aliphatic heterocycles. The van der Waals surface area contributed by atoms with Gasteiger partial charge in [-0.1, -0.05) is 159 Å². The maximum Gasteiger partial charge on any atom is 0.0601 e. The molecule has 12 aromatic rings. The largest absolute Gasteiger partial charge is 0.309 e. The Balaban J connectivity index is 0.983. The molecule has 0 amide bonds. The average molecular weight is 891 g/mol. The van der Waals surface area contributed by atoms with Crippen LogP contribution in [0.3, 0.4) is 0 Å². The van der Waals surface area contributed by atoms with E-state index in [9.17, 15) is 0 Å². The average Bonchev–Trinajstić information content (AvgIpc) is 3.75. The van der Waals surface area contributed by atoms with Crippen LogP contribution in [0.1, 0.15) is 36.1 Å². The Hall–Kier alpha value is -7.37. The standard InChI is InChI=1S/C63H42N2S2/c1-63(2)50-21-9-10-22-52(50)64(57-36-61-49(33-51(57)63)62-46-30-29-41-38-16-4-3-15-37(38)27-28-42(41)43(46)31-32-60(62)67-61)55-34-47-40-18-6-8-20-45(40)56(35-48(47)39-17-5-7-19-44(39)55)65-53-23-11-13-25-58(53)66-59-26-14-12-24-54(59)65/h3-28,31-36H,29-30H2,1-2H3. The number of thiophene rings is 1. The summed E-state index contributed by atoms with van der Waals surface area (Å²) in [4.78, 5) is 7.64. The summed E-state index contributed by atoms with van der Waals surface area (Å²) in [5, 5.41) is 13.0. The highest BCUT2D eigenvalue weighted by atomic mass is 32.2. The summed E-state index contributed by atoms with van der Waals surface area (Å²) < 4.78 is 2.71. The molecule has 3 heterocycles. The number of hydrogen-bond acceptors (Lipinski definition) is 4. The van der Waals surface area contributed by atoms with E-state index in [4.69, 9.17) is 0 Å². The van der Waals surface area contributed by atoms with Crippen molar-refractivity contribution in [3.05, 3.63) is 216 Å². The molecule has 3 aliphatic rings. The van der Waals surface area contributed by atoms with Gasteiger partial charge in [0.1, 0.15) is 0 Å². The first kappa shape index (κ1) is 37.8. The van der Waals surface area contributed by atoms with Crippen molar-refractivity contribution in [2.24, 2.45) is 0 Å². The van der Waals surface area contributed by atoms with Crippen LogP contribution >= 0.6 is 23.1 Å². The van der Waals surface area contributed by atoms with Gasteiger partial charge in [0.05, 0.1) is 34.1 Å². The molecule has 11 aromatic carbocycles. The monoisotopic (exact) mass is 890 g/mol. The van der Waals surface area contributed by atoms with E-state index in [0.29, 0.717) is 0 Å². The molecular formula is C63H42N2S2. The number of anilines is 6. The van der Waals surface area contributed by atoms with Gasteiger partial charge in [-0.3, -0.25) is 0 Å². The molecule has 316 valence electrons. The number of fused-ring (bicyclic) bond motifs is 18. The van der Waals surface area contributed by atoms with Gasteiger partial charge in [-0.15, -0.1) is 11.3 Å². The molecule has 0 bridgehead atoms. The molecule has 2 nitrogen and oxygen atoms in total. The van der Waals surface area contributed by atoms with Gasteiger partial charge < -0.3 is 9.80 Å². The quantitative estimate of drug-likeness (QED) is 0.160. The summed E-state index contributed by atoms with van der Waals surface area (Å²) >= 11 is 3.81. The minimum absolute atomic E-state index is 0.237. The van der Waals surface area contributed by atoms with Gasteiger partial charge >= 0.3 is 0 Å². The maximum atomic E-state index is 2.61. The second-order valence-corrected chi connectivity index (χ2v) is 21.2. The van der Waals surface area contributed by atoms with Crippen LogP contribution in [0.5, 0.6) is 0 Å². The van der Waals surface area contributed by atoms with Crippen LogP contribution in [0.15, 0.2) is 204 Å². The first-order valence-electron chi connectivity index (χ1n) is 23.5. The molecule has 0 unspecified atom stereocenters. The van der Waals surface area contributed by atoms with Gasteiger partial charge in [-0.25, -0.2) is 0 Å². The molecule has 4 heteroatoms. The Kier molecular flexibility index (Phi) is 7.81. The fourth-order valence-electron chi connectivity index (χ4n) is 12.3. The number of rotatable bonds is 2. The lowest BCUT2D eigenvalue weighted by Gasteiger charge is -2.42. The molecule has 0 N–H and O–H groups in total. The van der Waals surface area contributed by atoms with Crippen molar-refractivity contribution in [3.63, 3.8) is 0 Å². The third kappa shape index (κ3) is 5.23. The molecule has 15 rings (SSSR count). The lowest BCUT2D eigenvalue weighted by atomic mass is 9.73. The summed E-state index contributed by atoms with van der Waals surface area (Å²) in [6, 6.07) is 73.5. The Morgan fingerprint density at radius 1 is 0.373 bits per heavy atom. The van der Waals surface area contributed by atoms with E-state index in [0.717, 1.165) is 12.8 Å². The highest BCUT2D eigenvalue weighted by Crippen LogP contribution is 2.58. The predicted molar refractivity (Wildman–Crippen MR) is 288 cm³/mol. The van der Waals surface area contributed by atoms with Crippen molar-refractivity contribution in [1.82, 2.24) is 0 Å². The summed E-state index contributed by atoms with van der Waals surface area (Å²) in [6.45, 7) is 4.87. The van der Waals surface area contributed by atoms with Crippen molar-refractivity contribution in [2.75, 3.05) is 9.80 Å². The highest BCUT2D eigenvalue weighted by Gasteiger charge is 2.39. The molecule has 0 fully saturated rings. The molecule has 1 aromatic heterocycles. The topological polar surface area (TPSA) is 6.48 Å². The molecule has 0 saturated carbocycles. The first-order chi connectivity index (χ1) is 33.0. The van der Waals surface area contributed by atoms with E-state index in [1.807, 2.05) is 23.1 Å². The van der Waals surface area contributed by atoms with Crippen molar-refractivity contribution in [2.45, 2.75) is 41.9 Å². The minimum atomic E-state index is -0.237. The molecule has 1 aliphatic carbocycles. The van der Waals surface area contributed by atoms with Gasteiger partial charge in [0.2, 0.25) is 0 Å². The molecule has 0 radical (unpaired) electrons. The molecule has 67 heavy (non-hydrogen) atoms. The summed E-state index contributed by atoms with van der Waals surface area (Å²) in [5.41, 5.74) is 15.6. The maximum absolute atomic E-state index is 2.61. The van der Waals surface area contributed by atoms with Crippen molar-refractivity contribution < 1.29 is 0 Å². The number of aryl methyl sites for hydroxylation is 2. The zero-order chi connectivity index (χ0) is 44.1. The van der Waals surface area contributed by atoms with Gasteiger partial charge in [0.15, 0.2) is 0 Å². The van der Waals surface area contributed by atoms with Crippen LogP contribution in [0.25, 0.3) is 74.4 Å². The van der Waals surface area contributed by atoms with Crippen LogP contribution < -0.4 is 9.80 Å². The molecule has 0 spiro atoms. The Morgan fingerprint density at radius 2 is 0.910 bits per heavy atom. The van der Waals surface area contributed by atoms with Gasteiger partial charge in [0, 0.05) is 46.2 Å². The van der Waals surface area contributed by atoms with Gasteiger partial charge in [-0.2, -0.15) is 0 Å². The number of benzene rings is 11. The predicted octanol–water partition coefficient (Wildman–Crippen LogP) is 18.5. The summed E-state index contributed by atoms with van der Waals surface area (Å²) in [7, 11) is 0. The number of para-hydroxylation sites is 3. The second-order valence-electron chi connectivity index (χ2n) is 19.1. The van der Waals surface area contributed by atoms with Crippen LogP contribution in [-0.4, -0.2) is 0 Å². The van der Waals surface area contributed by atoms with Crippen molar-refractivity contribution in [1.29, 1.82) is 0 Å². The third-order valence-corrected chi connectivity index (χ3v) is 17.6. The zero-order valence-electron chi connectivity index (χ0n) is 37.1. The number of hydrogen-bond donors (Lipinski definition) is 0. The summed E-state index contributed by atoms with van der Waals surface area (Å²) in [5.74, 6) is 0. The Labute approximate surface area is 397 Å². The van der Waals surface area contributed by atoms with Crippen LogP contribution in [0.4, 0.5) is 34.1 Å². The van der Waals surface area contributed by atoms with E-state index in [1.165, 1.54) is 141 Å². The van der Waals surface area contributed by atoms with E-state index < -0.39 is 0 Å². The lowest BCUT2D eigenvalue weighted by Crippen LogP contribution is -2.30. The van der Waals surface area contributed by atoms with Gasteiger partial charge in [0.25, 0.3) is 0 Å². The fraction of sp³-hybridized carbons (Fsp3) is 0.0794. The van der Waals surface area contributed by atoms with Crippen LogP contribution in [0.2, 0.25) is 0 Å². The lowest BCUT2D eigenvalue weighted by molar-refractivity contribution is 0.633. The normalized spacial score (nSPS) is 14.6. The van der Waals surface area contributed by atoms with Crippen molar-refractivity contribution >= 4 is 120 Å². The highest BCUT2D eigenvalue weighted by molar-refractivity contribution is 7.99. The van der Waals surface area contributed by atoms with E-state index in [-0.39, 0.29) is 5.41 Å². The molecule has 0 saturated heterocycles. The molecular weight excluding hydrogens is 849 g/mol. The Bertz CT molecular complexity index is 4090. The SMILES string of the molecule is CC1(C)c2ccccc2N(c2cc3c4ccccc4c(N4c5ccccc5Sc5ccccc54)cc3c3ccccc23)c2cc3sc4ccc5c(c4c3cc21)CCc1c-5ccc2ccccc12. The van der Waals surface area contributed by atoms with Crippen LogP contribution in [0, 0.1) is 0 Å². The minimum Gasteiger partial charge on any atom is -0.309 e. The Morgan fingerprint density at radius 3 is 1.61 bits per heavy atom. The second kappa shape index (κ2) is 13.8. The van der Waals surface area contributed by atoms with Gasteiger partial charge in [-0.05, 0) is 139 Å². The first-order valence-corrected chi connectivity index (χ1v) is 25.1. The van der Waals surface area contributed by atoms with E-state index >= 15 is 0 Å². The number of nitrogens with zero attached hydrogens (tertiary/aromatic N) is 2. The van der Waals surface area contributed by atoms with E-state index in [1.54, 1.807) is 0 Å². The van der Waals surface area contributed by atoms with Crippen LogP contribution in [-0.2, 0) is 18.3 Å². The van der Waals surface area contributed by atoms with E-state index in [2.05, 4.69) is 218 Å². The zero-order valence-corrected chi connectivity index (χ0v) is 38.7. The fourth-order valence-corrected chi connectivity index (χ4v) is 14.5. The molecule has 0 atom stereocenters.